The molecular weight excluding hydrogens is 166 g/mol. The second kappa shape index (κ2) is 7.66. The maximum Gasteiger partial charge on any atom is 3.00 e. The molecule has 0 saturated carbocycles. The standard InChI is InChI=1S/Al.H3O4P.OSi/c;1-5(2,3)4;1-2/h;(H3,1,2,3,4);/q+3;;+2/p-3. The van der Waals surface area contributed by atoms with E-state index in [2.05, 4.69) is 0 Å². The van der Waals surface area contributed by atoms with Crippen LogP contribution >= 0.6 is 7.82 Å². The van der Waals surface area contributed by atoms with Crippen molar-refractivity contribution in [3.8, 4) is 0 Å². The van der Waals surface area contributed by atoms with Gasteiger partial charge in [-0.3, -0.25) is 0 Å². The predicted molar refractivity (Wildman–Crippen MR) is 19.8 cm³/mol. The van der Waals surface area contributed by atoms with Crippen molar-refractivity contribution >= 4 is 35.3 Å². The zero-order valence-corrected chi connectivity index (χ0v) is 6.61. The Kier molecular flexibility index (Phi) is 15.2. The third-order valence-electron chi connectivity index (χ3n) is 0. The van der Waals surface area contributed by atoms with Crippen LogP contribution in [0.15, 0.2) is 0 Å². The molecule has 0 bridgehead atoms. The quantitative estimate of drug-likeness (QED) is 0.272. The van der Waals surface area contributed by atoms with Gasteiger partial charge in [-0.1, -0.05) is 0 Å². The molecule has 0 aromatic carbocycles. The van der Waals surface area contributed by atoms with Crippen molar-refractivity contribution in [2.24, 2.45) is 0 Å². The van der Waals surface area contributed by atoms with Crippen molar-refractivity contribution in [2.75, 3.05) is 0 Å². The minimum absolute atomic E-state index is 0. The van der Waals surface area contributed by atoms with Gasteiger partial charge in [0.2, 0.25) is 0 Å². The zero-order chi connectivity index (χ0) is 6.50. The predicted octanol–water partition coefficient (Wildman–Crippen LogP) is -3.71. The van der Waals surface area contributed by atoms with Crippen LogP contribution in [0, 0.1) is 0 Å². The van der Waals surface area contributed by atoms with E-state index in [0.717, 1.165) is 0 Å². The van der Waals surface area contributed by atoms with Crippen LogP contribution in [0.3, 0.4) is 0 Å². The van der Waals surface area contributed by atoms with Crippen LogP contribution in [0.25, 0.3) is 0 Å². The van der Waals surface area contributed by atoms with Crippen molar-refractivity contribution in [3.05, 3.63) is 0 Å². The molecule has 0 heterocycles. The summed E-state index contributed by atoms with van der Waals surface area (Å²) < 4.78 is 16.6. The van der Waals surface area contributed by atoms with Crippen molar-refractivity contribution in [2.45, 2.75) is 0 Å². The van der Waals surface area contributed by atoms with E-state index in [0.29, 0.717) is 0 Å². The molecule has 0 rings (SSSR count). The summed E-state index contributed by atoms with van der Waals surface area (Å²) in [4.78, 5) is 25.6. The summed E-state index contributed by atoms with van der Waals surface area (Å²) in [5.41, 5.74) is 0. The molecule has 0 aromatic rings. The van der Waals surface area contributed by atoms with Crippen LogP contribution in [0.4, 0.5) is 0 Å². The van der Waals surface area contributed by atoms with Gasteiger partial charge in [0.05, 0.1) is 0 Å². The van der Waals surface area contributed by atoms with E-state index in [9.17, 15) is 0 Å². The molecule has 0 aliphatic rings. The van der Waals surface area contributed by atoms with Gasteiger partial charge in [-0.15, -0.1) is 0 Å². The van der Waals surface area contributed by atoms with Crippen LogP contribution in [0.2, 0.25) is 0 Å². The van der Waals surface area contributed by atoms with Gasteiger partial charge in [0.25, 0.3) is 0 Å². The Labute approximate surface area is 59.6 Å². The zero-order valence-electron chi connectivity index (χ0n) is 3.57. The average Bonchev–Trinajstić information content (AvgIpc) is 1.36. The SMILES string of the molecule is O=P([O-])([O-])[O-].O=[Si+2].[Al+3]. The van der Waals surface area contributed by atoms with E-state index < -0.39 is 7.82 Å². The topological polar surface area (TPSA) is 103 Å². The number of rotatable bonds is 0. The molecule has 0 atom stereocenters. The third kappa shape index (κ3) is 491. The summed E-state index contributed by atoms with van der Waals surface area (Å²) >= 11 is 0. The summed E-state index contributed by atoms with van der Waals surface area (Å²) in [5, 5.41) is 0. The molecule has 5 nitrogen and oxygen atoms in total. The first-order valence-electron chi connectivity index (χ1n) is 0.934. The van der Waals surface area contributed by atoms with E-state index >= 15 is 0 Å². The van der Waals surface area contributed by atoms with E-state index in [1.54, 1.807) is 10.1 Å². The van der Waals surface area contributed by atoms with Crippen molar-refractivity contribution in [3.63, 3.8) is 0 Å². The van der Waals surface area contributed by atoms with Gasteiger partial charge in [0, 0.05) is 0 Å². The first-order valence-corrected chi connectivity index (χ1v) is 2.80. The molecular formula is AlO5PSi+2. The number of hydrogen-bond acceptors (Lipinski definition) is 5. The normalized spacial score (nSPS) is 8.12. The first-order chi connectivity index (χ1) is 3.00. The molecule has 0 unspecified atom stereocenters. The van der Waals surface area contributed by atoms with Crippen LogP contribution in [0.5, 0.6) is 0 Å². The van der Waals surface area contributed by atoms with Gasteiger partial charge < -0.3 is 19.2 Å². The smallest absolute Gasteiger partial charge is 3.00 e. The van der Waals surface area contributed by atoms with E-state index in [1.807, 2.05) is 0 Å². The minimum Gasteiger partial charge on any atom is 3.00 e. The second-order valence-electron chi connectivity index (χ2n) is 0.447. The summed E-state index contributed by atoms with van der Waals surface area (Å²) in [6.45, 7) is 0. The van der Waals surface area contributed by atoms with E-state index in [4.69, 9.17) is 23.7 Å². The average molecular weight is 166 g/mol. The van der Waals surface area contributed by atoms with Gasteiger partial charge in [-0.25, -0.2) is 0 Å². The third-order valence-corrected chi connectivity index (χ3v) is 0. The van der Waals surface area contributed by atoms with Gasteiger partial charge in [0.1, 0.15) is 0 Å². The number of phosphoric acid groups is 1. The number of hydrogen-bond donors (Lipinski definition) is 0. The molecule has 40 valence electrons. The first kappa shape index (κ1) is 15.9. The van der Waals surface area contributed by atoms with Crippen LogP contribution < -0.4 is 14.7 Å². The summed E-state index contributed by atoms with van der Waals surface area (Å²) in [6.07, 6.45) is 0. The fraction of sp³-hybridized carbons (Fsp3) is 0. The van der Waals surface area contributed by atoms with Crippen molar-refractivity contribution < 1.29 is 23.7 Å². The van der Waals surface area contributed by atoms with Gasteiger partial charge in [-0.05, 0) is 0 Å². The summed E-state index contributed by atoms with van der Waals surface area (Å²) in [5.74, 6) is 0. The molecule has 8 heteroatoms. The monoisotopic (exact) mass is 166 g/mol. The van der Waals surface area contributed by atoms with Crippen LogP contribution in [-0.2, 0) is 9.03 Å². The van der Waals surface area contributed by atoms with Crippen molar-refractivity contribution in [1.29, 1.82) is 0 Å². The van der Waals surface area contributed by atoms with Gasteiger partial charge >= 0.3 is 32.0 Å². The fourth-order valence-corrected chi connectivity index (χ4v) is 0. The van der Waals surface area contributed by atoms with Crippen LogP contribution in [0.1, 0.15) is 0 Å². The largest absolute Gasteiger partial charge is 3.00 e. The Hall–Kier alpha value is 0.659. The maximum absolute atomic E-state index is 8.55. The Morgan fingerprint density at radius 1 is 1.12 bits per heavy atom. The van der Waals surface area contributed by atoms with Crippen LogP contribution in [-0.4, -0.2) is 27.5 Å². The van der Waals surface area contributed by atoms with Gasteiger partial charge in [0.15, 0.2) is 0 Å². The molecule has 0 radical (unpaired) electrons. The van der Waals surface area contributed by atoms with E-state index in [-0.39, 0.29) is 17.4 Å². The van der Waals surface area contributed by atoms with Crippen molar-refractivity contribution in [1.82, 2.24) is 0 Å². The van der Waals surface area contributed by atoms with E-state index in [1.165, 1.54) is 0 Å². The molecule has 0 N–H and O–H groups in total. The fourth-order valence-electron chi connectivity index (χ4n) is 0. The Balaban J connectivity index is -0.0000000750. The summed E-state index contributed by atoms with van der Waals surface area (Å²) in [7, 11) is -3.67. The Morgan fingerprint density at radius 3 is 1.12 bits per heavy atom. The molecule has 0 aromatic heterocycles. The molecule has 0 aliphatic carbocycles. The molecule has 0 fully saturated rings. The molecule has 0 saturated heterocycles. The minimum atomic E-state index is -5.39. The molecule has 0 aliphatic heterocycles. The second-order valence-corrected chi connectivity index (χ2v) is 1.34. The molecule has 0 spiro atoms. The molecule has 8 heavy (non-hydrogen) atoms. The maximum atomic E-state index is 8.55. The Bertz CT molecular complexity index is 68.2. The summed E-state index contributed by atoms with van der Waals surface area (Å²) in [6, 6.07) is 0. The Morgan fingerprint density at radius 2 is 1.12 bits per heavy atom. The van der Waals surface area contributed by atoms with Gasteiger partial charge in [-0.2, -0.15) is 7.82 Å². The molecule has 0 amide bonds.